The first-order valence-electron chi connectivity index (χ1n) is 13.2. The van der Waals surface area contributed by atoms with Crippen molar-refractivity contribution in [3.8, 4) is 11.5 Å². The maximum atomic E-state index is 12.9. The molecule has 0 spiro atoms. The summed E-state index contributed by atoms with van der Waals surface area (Å²) in [4.78, 5) is 43.9. The van der Waals surface area contributed by atoms with E-state index in [0.717, 1.165) is 12.1 Å². The zero-order valence-electron chi connectivity index (χ0n) is 21.8. The van der Waals surface area contributed by atoms with Crippen LogP contribution in [0.1, 0.15) is 50.5 Å². The Kier molecular flexibility index (Phi) is 8.72. The number of ether oxygens (including phenoxy) is 2. The van der Waals surface area contributed by atoms with Crippen molar-refractivity contribution >= 4 is 17.8 Å². The monoisotopic (exact) mass is 500 g/mol. The number of piperidine rings is 2. The Labute approximate surface area is 214 Å². The summed E-state index contributed by atoms with van der Waals surface area (Å²) in [6.07, 6.45) is 7.24. The molecule has 4 rings (SSSR count). The number of benzene rings is 1. The largest absolute Gasteiger partial charge is 0.493 e. The number of carbonyl (C=O) groups excluding carboxylic acids is 3. The molecule has 0 aliphatic carbocycles. The van der Waals surface area contributed by atoms with Gasteiger partial charge in [0.2, 0.25) is 5.91 Å². The van der Waals surface area contributed by atoms with Crippen LogP contribution in [-0.4, -0.2) is 92.1 Å². The second kappa shape index (κ2) is 12.0. The molecule has 1 aromatic carbocycles. The summed E-state index contributed by atoms with van der Waals surface area (Å²) in [6, 6.07) is 5.10. The van der Waals surface area contributed by atoms with Crippen LogP contribution in [0.3, 0.4) is 0 Å². The van der Waals surface area contributed by atoms with Gasteiger partial charge in [-0.05, 0) is 75.2 Å². The standard InChI is InChI=1S/C27H40N4O5/c1-29(18-20-7-6-15-30-14-5-4-8-22(20)30)25(32)12-10-21-26(33)31(27(34)28-21)16-13-19-9-11-23(35-2)24(17-19)36-3/h9,11,17,20-22H,4-8,10,12-16,18H2,1-3H3,(H,28,34)/t20-,21-,22+/m1/s1. The minimum atomic E-state index is -0.649. The second-order valence-corrected chi connectivity index (χ2v) is 10.2. The van der Waals surface area contributed by atoms with E-state index < -0.39 is 12.1 Å². The number of amides is 4. The van der Waals surface area contributed by atoms with Gasteiger partial charge in [-0.3, -0.25) is 14.5 Å². The number of fused-ring (bicyclic) bond motifs is 1. The van der Waals surface area contributed by atoms with Gasteiger partial charge in [-0.1, -0.05) is 12.5 Å². The van der Waals surface area contributed by atoms with Crippen LogP contribution >= 0.6 is 0 Å². The molecule has 3 fully saturated rings. The van der Waals surface area contributed by atoms with Gasteiger partial charge in [0.05, 0.1) is 14.2 Å². The van der Waals surface area contributed by atoms with Crippen molar-refractivity contribution in [3.63, 3.8) is 0 Å². The highest BCUT2D eigenvalue weighted by Gasteiger charge is 2.38. The highest BCUT2D eigenvalue weighted by Crippen LogP contribution is 2.31. The van der Waals surface area contributed by atoms with Gasteiger partial charge < -0.3 is 24.6 Å². The van der Waals surface area contributed by atoms with Crippen molar-refractivity contribution in [1.82, 2.24) is 20.0 Å². The topological polar surface area (TPSA) is 91.4 Å². The Morgan fingerprint density at radius 1 is 1.08 bits per heavy atom. The summed E-state index contributed by atoms with van der Waals surface area (Å²) >= 11 is 0. The summed E-state index contributed by atoms with van der Waals surface area (Å²) in [5.41, 5.74) is 0.938. The van der Waals surface area contributed by atoms with Crippen LogP contribution in [0.2, 0.25) is 0 Å². The van der Waals surface area contributed by atoms with E-state index in [9.17, 15) is 14.4 Å². The van der Waals surface area contributed by atoms with Gasteiger partial charge in [-0.25, -0.2) is 4.79 Å². The summed E-state index contributed by atoms with van der Waals surface area (Å²) < 4.78 is 10.6. The summed E-state index contributed by atoms with van der Waals surface area (Å²) in [5.74, 6) is 1.53. The van der Waals surface area contributed by atoms with Crippen molar-refractivity contribution in [2.45, 2.75) is 63.5 Å². The lowest BCUT2D eigenvalue weighted by Gasteiger charge is -2.45. The zero-order valence-corrected chi connectivity index (χ0v) is 21.8. The first kappa shape index (κ1) is 26.3. The summed E-state index contributed by atoms with van der Waals surface area (Å²) in [7, 11) is 5.02. The first-order chi connectivity index (χ1) is 17.4. The van der Waals surface area contributed by atoms with Crippen LogP contribution in [0, 0.1) is 5.92 Å². The van der Waals surface area contributed by atoms with Crippen molar-refractivity contribution in [3.05, 3.63) is 23.8 Å². The number of carbonyl (C=O) groups is 3. The number of rotatable bonds is 10. The molecule has 0 aromatic heterocycles. The normalized spacial score (nSPS) is 24.3. The Balaban J connectivity index is 1.25. The van der Waals surface area contributed by atoms with Crippen LogP contribution in [0.5, 0.6) is 11.5 Å². The third-order valence-electron chi connectivity index (χ3n) is 7.99. The van der Waals surface area contributed by atoms with Gasteiger partial charge in [0.25, 0.3) is 5.91 Å². The minimum absolute atomic E-state index is 0.0359. The van der Waals surface area contributed by atoms with Gasteiger partial charge in [0, 0.05) is 32.6 Å². The maximum absolute atomic E-state index is 12.9. The van der Waals surface area contributed by atoms with E-state index >= 15 is 0 Å². The summed E-state index contributed by atoms with van der Waals surface area (Å²) in [5, 5.41) is 2.76. The predicted molar refractivity (Wildman–Crippen MR) is 136 cm³/mol. The molecule has 9 heteroatoms. The molecule has 0 unspecified atom stereocenters. The molecule has 0 radical (unpaired) electrons. The number of nitrogens with zero attached hydrogens (tertiary/aromatic N) is 3. The lowest BCUT2D eigenvalue weighted by Crippen LogP contribution is -2.51. The van der Waals surface area contributed by atoms with Crippen LogP contribution in [0.15, 0.2) is 18.2 Å². The molecule has 3 heterocycles. The molecule has 36 heavy (non-hydrogen) atoms. The van der Waals surface area contributed by atoms with Gasteiger partial charge >= 0.3 is 6.03 Å². The molecule has 3 saturated heterocycles. The third kappa shape index (κ3) is 5.94. The average molecular weight is 501 g/mol. The molecule has 1 aromatic rings. The Morgan fingerprint density at radius 3 is 2.64 bits per heavy atom. The van der Waals surface area contributed by atoms with Gasteiger partial charge in [0.15, 0.2) is 11.5 Å². The van der Waals surface area contributed by atoms with Crippen molar-refractivity contribution in [1.29, 1.82) is 0 Å². The molecular weight excluding hydrogens is 460 g/mol. The van der Waals surface area contributed by atoms with Crippen LogP contribution in [0.25, 0.3) is 0 Å². The Bertz CT molecular complexity index is 952. The number of nitrogens with one attached hydrogen (secondary N) is 1. The van der Waals surface area contributed by atoms with E-state index in [0.29, 0.717) is 36.3 Å². The number of hydrogen-bond acceptors (Lipinski definition) is 6. The molecule has 9 nitrogen and oxygen atoms in total. The number of methoxy groups -OCH3 is 2. The van der Waals surface area contributed by atoms with Crippen LogP contribution < -0.4 is 14.8 Å². The minimum Gasteiger partial charge on any atom is -0.493 e. The lowest BCUT2D eigenvalue weighted by atomic mass is 9.83. The highest BCUT2D eigenvalue weighted by atomic mass is 16.5. The number of urea groups is 1. The van der Waals surface area contributed by atoms with Crippen LogP contribution in [0.4, 0.5) is 4.79 Å². The highest BCUT2D eigenvalue weighted by molar-refractivity contribution is 6.04. The van der Waals surface area contributed by atoms with Gasteiger partial charge in [-0.2, -0.15) is 0 Å². The molecule has 0 saturated carbocycles. The van der Waals surface area contributed by atoms with E-state index in [1.165, 1.54) is 50.1 Å². The third-order valence-corrected chi connectivity index (χ3v) is 7.99. The second-order valence-electron chi connectivity index (χ2n) is 10.2. The maximum Gasteiger partial charge on any atom is 0.324 e. The smallest absolute Gasteiger partial charge is 0.324 e. The fourth-order valence-electron chi connectivity index (χ4n) is 5.96. The lowest BCUT2D eigenvalue weighted by molar-refractivity contribution is -0.131. The molecule has 3 atom stereocenters. The van der Waals surface area contributed by atoms with E-state index in [1.807, 2.05) is 30.1 Å². The van der Waals surface area contributed by atoms with E-state index in [2.05, 4.69) is 10.2 Å². The van der Waals surface area contributed by atoms with Crippen molar-refractivity contribution < 1.29 is 23.9 Å². The molecule has 4 amide bonds. The number of imide groups is 1. The van der Waals surface area contributed by atoms with Gasteiger partial charge in [0.1, 0.15) is 6.04 Å². The zero-order chi connectivity index (χ0) is 25.7. The molecule has 1 N–H and O–H groups in total. The average Bonchev–Trinajstić information content (AvgIpc) is 3.17. The van der Waals surface area contributed by atoms with Crippen molar-refractivity contribution in [2.24, 2.45) is 5.92 Å². The van der Waals surface area contributed by atoms with Crippen LogP contribution in [-0.2, 0) is 16.0 Å². The Morgan fingerprint density at radius 2 is 1.86 bits per heavy atom. The van der Waals surface area contributed by atoms with Gasteiger partial charge in [-0.15, -0.1) is 0 Å². The molecule has 3 aliphatic rings. The first-order valence-corrected chi connectivity index (χ1v) is 13.2. The quantitative estimate of drug-likeness (QED) is 0.497. The molecule has 0 bridgehead atoms. The van der Waals surface area contributed by atoms with E-state index in [1.54, 1.807) is 14.2 Å². The van der Waals surface area contributed by atoms with Crippen molar-refractivity contribution in [2.75, 3.05) is 47.4 Å². The molecule has 3 aliphatic heterocycles. The van der Waals surface area contributed by atoms with E-state index in [-0.39, 0.29) is 24.8 Å². The predicted octanol–water partition coefficient (Wildman–Crippen LogP) is 2.67. The summed E-state index contributed by atoms with van der Waals surface area (Å²) in [6.45, 7) is 3.40. The SMILES string of the molecule is COc1ccc(CCN2C(=O)N[C@H](CCC(=O)N(C)C[C@H]3CCCN4CCCC[C@@H]34)C2=O)cc1OC. The molecule has 198 valence electrons. The van der Waals surface area contributed by atoms with E-state index in [4.69, 9.17) is 9.47 Å². The number of hydrogen-bond donors (Lipinski definition) is 1. The Hall–Kier alpha value is -2.81. The fourth-order valence-corrected chi connectivity index (χ4v) is 5.96. The fraction of sp³-hybridized carbons (Fsp3) is 0.667. The molecular formula is C27H40N4O5.